The molecule has 0 fully saturated rings. The first-order chi connectivity index (χ1) is 6.57. The van der Waals surface area contributed by atoms with E-state index in [1.165, 1.54) is 0 Å². The SMILES string of the molecule is OCCCc1c(F)cc(F)c(Cl)c1F. The normalized spacial score (nSPS) is 10.6. The highest BCUT2D eigenvalue weighted by Crippen LogP contribution is 2.25. The van der Waals surface area contributed by atoms with Crippen molar-refractivity contribution in [3.8, 4) is 0 Å². The Morgan fingerprint density at radius 3 is 2.43 bits per heavy atom. The molecule has 0 spiro atoms. The fraction of sp³-hybridized carbons (Fsp3) is 0.333. The van der Waals surface area contributed by atoms with Crippen LogP contribution in [0.2, 0.25) is 5.02 Å². The number of halogens is 4. The second-order valence-corrected chi connectivity index (χ2v) is 3.15. The largest absolute Gasteiger partial charge is 0.396 e. The molecule has 0 aromatic heterocycles. The van der Waals surface area contributed by atoms with Gasteiger partial charge < -0.3 is 5.11 Å². The maximum absolute atomic E-state index is 13.2. The van der Waals surface area contributed by atoms with E-state index < -0.39 is 22.5 Å². The summed E-state index contributed by atoms with van der Waals surface area (Å²) in [6, 6.07) is 0.540. The summed E-state index contributed by atoms with van der Waals surface area (Å²) in [5, 5.41) is 7.77. The predicted molar refractivity (Wildman–Crippen MR) is 46.7 cm³/mol. The highest BCUT2D eigenvalue weighted by atomic mass is 35.5. The van der Waals surface area contributed by atoms with Gasteiger partial charge in [0.05, 0.1) is 0 Å². The molecule has 0 radical (unpaired) electrons. The minimum absolute atomic E-state index is 0.00579. The molecule has 1 aromatic rings. The van der Waals surface area contributed by atoms with Crippen molar-refractivity contribution in [3.05, 3.63) is 34.1 Å². The monoisotopic (exact) mass is 224 g/mol. The predicted octanol–water partition coefficient (Wildman–Crippen LogP) is 2.68. The molecule has 1 aromatic carbocycles. The smallest absolute Gasteiger partial charge is 0.150 e. The Morgan fingerprint density at radius 2 is 1.86 bits per heavy atom. The van der Waals surface area contributed by atoms with Gasteiger partial charge in [-0.25, -0.2) is 13.2 Å². The fourth-order valence-corrected chi connectivity index (χ4v) is 1.26. The first kappa shape index (κ1) is 11.3. The molecule has 0 aliphatic carbocycles. The lowest BCUT2D eigenvalue weighted by molar-refractivity contribution is 0.287. The van der Waals surface area contributed by atoms with Crippen molar-refractivity contribution in [2.24, 2.45) is 0 Å². The molecule has 0 amide bonds. The molecule has 0 atom stereocenters. The molecular formula is C9H8ClF3O. The van der Waals surface area contributed by atoms with Gasteiger partial charge in [-0.1, -0.05) is 11.6 Å². The molecule has 5 heteroatoms. The Bertz CT molecular complexity index is 341. The number of hydrogen-bond donors (Lipinski definition) is 1. The van der Waals surface area contributed by atoms with Gasteiger partial charge in [-0.15, -0.1) is 0 Å². The Kier molecular flexibility index (Phi) is 3.77. The Labute approximate surface area is 84.1 Å². The lowest BCUT2D eigenvalue weighted by Gasteiger charge is -2.05. The van der Waals surface area contributed by atoms with Crippen LogP contribution >= 0.6 is 11.6 Å². The van der Waals surface area contributed by atoms with Gasteiger partial charge in [-0.05, 0) is 12.8 Å². The lowest BCUT2D eigenvalue weighted by Crippen LogP contribution is -2.00. The van der Waals surface area contributed by atoms with Gasteiger partial charge in [-0.2, -0.15) is 0 Å². The highest BCUT2D eigenvalue weighted by molar-refractivity contribution is 6.30. The number of aliphatic hydroxyl groups is 1. The van der Waals surface area contributed by atoms with Crippen LogP contribution in [0, 0.1) is 17.5 Å². The van der Waals surface area contributed by atoms with Gasteiger partial charge in [0.1, 0.15) is 16.7 Å². The third-order valence-electron chi connectivity index (χ3n) is 1.79. The third-order valence-corrected chi connectivity index (χ3v) is 2.14. The van der Waals surface area contributed by atoms with Crippen molar-refractivity contribution in [1.82, 2.24) is 0 Å². The van der Waals surface area contributed by atoms with Crippen LogP contribution in [-0.2, 0) is 6.42 Å². The van der Waals surface area contributed by atoms with Gasteiger partial charge in [0.25, 0.3) is 0 Å². The number of hydrogen-bond acceptors (Lipinski definition) is 1. The number of rotatable bonds is 3. The Morgan fingerprint density at radius 1 is 1.21 bits per heavy atom. The van der Waals surface area contributed by atoms with Crippen LogP contribution < -0.4 is 0 Å². The number of benzene rings is 1. The van der Waals surface area contributed by atoms with E-state index in [4.69, 9.17) is 16.7 Å². The summed E-state index contributed by atoms with van der Waals surface area (Å²) >= 11 is 5.25. The zero-order valence-electron chi connectivity index (χ0n) is 7.16. The Hall–Kier alpha value is -0.740. The Balaban J connectivity index is 3.09. The van der Waals surface area contributed by atoms with Crippen LogP contribution in [0.25, 0.3) is 0 Å². The van der Waals surface area contributed by atoms with Crippen molar-refractivity contribution < 1.29 is 18.3 Å². The van der Waals surface area contributed by atoms with E-state index >= 15 is 0 Å². The molecule has 1 N–H and O–H groups in total. The van der Waals surface area contributed by atoms with E-state index in [9.17, 15) is 13.2 Å². The van der Waals surface area contributed by atoms with Crippen molar-refractivity contribution >= 4 is 11.6 Å². The molecule has 0 aliphatic rings. The van der Waals surface area contributed by atoms with E-state index in [0.29, 0.717) is 6.07 Å². The van der Waals surface area contributed by atoms with Crippen molar-refractivity contribution in [1.29, 1.82) is 0 Å². The van der Waals surface area contributed by atoms with Gasteiger partial charge in [0.2, 0.25) is 0 Å². The zero-order chi connectivity index (χ0) is 10.7. The minimum Gasteiger partial charge on any atom is -0.396 e. The molecule has 1 rings (SSSR count). The van der Waals surface area contributed by atoms with E-state index in [1.807, 2.05) is 0 Å². The maximum Gasteiger partial charge on any atom is 0.150 e. The molecule has 0 unspecified atom stereocenters. The molecule has 0 saturated heterocycles. The van der Waals surface area contributed by atoms with E-state index in [-0.39, 0.29) is 25.0 Å². The summed E-state index contributed by atoms with van der Waals surface area (Å²) < 4.78 is 38.8. The maximum atomic E-state index is 13.2. The molecule has 0 saturated carbocycles. The third kappa shape index (κ3) is 2.19. The average molecular weight is 225 g/mol. The molecule has 78 valence electrons. The van der Waals surface area contributed by atoms with Crippen molar-refractivity contribution in [2.45, 2.75) is 12.8 Å². The highest BCUT2D eigenvalue weighted by Gasteiger charge is 2.16. The second kappa shape index (κ2) is 4.66. The molecule has 0 aliphatic heterocycles. The van der Waals surface area contributed by atoms with Crippen LogP contribution in [0.5, 0.6) is 0 Å². The van der Waals surface area contributed by atoms with Crippen molar-refractivity contribution in [2.75, 3.05) is 6.61 Å². The van der Waals surface area contributed by atoms with E-state index in [2.05, 4.69) is 0 Å². The lowest BCUT2D eigenvalue weighted by atomic mass is 10.1. The molecule has 14 heavy (non-hydrogen) atoms. The first-order valence-electron chi connectivity index (χ1n) is 4.00. The van der Waals surface area contributed by atoms with Crippen molar-refractivity contribution in [3.63, 3.8) is 0 Å². The van der Waals surface area contributed by atoms with Gasteiger partial charge in [-0.3, -0.25) is 0 Å². The second-order valence-electron chi connectivity index (χ2n) is 2.77. The van der Waals surface area contributed by atoms with Crippen LogP contribution in [-0.4, -0.2) is 11.7 Å². The van der Waals surface area contributed by atoms with Crippen LogP contribution in [0.4, 0.5) is 13.2 Å². The summed E-state index contributed by atoms with van der Waals surface area (Å²) in [5.74, 6) is -3.18. The summed E-state index contributed by atoms with van der Waals surface area (Å²) in [6.07, 6.45) is 0.198. The summed E-state index contributed by atoms with van der Waals surface area (Å²) in [4.78, 5) is 0. The fourth-order valence-electron chi connectivity index (χ4n) is 1.09. The molecule has 0 heterocycles. The first-order valence-corrected chi connectivity index (χ1v) is 4.38. The van der Waals surface area contributed by atoms with Gasteiger partial charge >= 0.3 is 0 Å². The van der Waals surface area contributed by atoms with E-state index in [1.54, 1.807) is 0 Å². The summed E-state index contributed by atoms with van der Waals surface area (Å²) in [5.41, 5.74) is -0.287. The average Bonchev–Trinajstić information content (AvgIpc) is 2.14. The topological polar surface area (TPSA) is 20.2 Å². The molecular weight excluding hydrogens is 217 g/mol. The van der Waals surface area contributed by atoms with E-state index in [0.717, 1.165) is 0 Å². The zero-order valence-corrected chi connectivity index (χ0v) is 7.91. The van der Waals surface area contributed by atoms with Crippen LogP contribution in [0.1, 0.15) is 12.0 Å². The summed E-state index contributed by atoms with van der Waals surface area (Å²) in [7, 11) is 0. The van der Waals surface area contributed by atoms with Gasteiger partial charge in [0, 0.05) is 18.2 Å². The molecule has 0 bridgehead atoms. The summed E-state index contributed by atoms with van der Waals surface area (Å²) in [6.45, 7) is -0.187. The van der Waals surface area contributed by atoms with Crippen LogP contribution in [0.15, 0.2) is 6.07 Å². The minimum atomic E-state index is -1.12. The standard InChI is InChI=1S/C9H8ClF3O/c10-8-7(12)4-6(11)5(9(8)13)2-1-3-14/h4,14H,1-3H2. The van der Waals surface area contributed by atoms with Crippen LogP contribution in [0.3, 0.4) is 0 Å². The quantitative estimate of drug-likeness (QED) is 0.618. The molecule has 1 nitrogen and oxygen atoms in total. The number of aliphatic hydroxyl groups excluding tert-OH is 1. The van der Waals surface area contributed by atoms with Gasteiger partial charge in [0.15, 0.2) is 5.82 Å².